The van der Waals surface area contributed by atoms with Gasteiger partial charge in [0, 0.05) is 12.1 Å². The number of alkyl halides is 3. The first kappa shape index (κ1) is 18.8. The highest BCUT2D eigenvalue weighted by Crippen LogP contribution is 2.37. The topological polar surface area (TPSA) is 85.4 Å². The van der Waals surface area contributed by atoms with Gasteiger partial charge in [-0.15, -0.1) is 11.8 Å². The van der Waals surface area contributed by atoms with E-state index in [1.807, 2.05) is 0 Å². The van der Waals surface area contributed by atoms with Gasteiger partial charge in [0.1, 0.15) is 5.76 Å². The monoisotopic (exact) mass is 374 g/mol. The summed E-state index contributed by atoms with van der Waals surface area (Å²) in [4.78, 5) is 21.8. The van der Waals surface area contributed by atoms with Crippen LogP contribution in [-0.4, -0.2) is 16.1 Å². The van der Waals surface area contributed by atoms with Crippen LogP contribution < -0.4 is 5.32 Å². The van der Waals surface area contributed by atoms with E-state index >= 15 is 0 Å². The number of anilines is 1. The van der Waals surface area contributed by atoms with Gasteiger partial charge in [0.25, 0.3) is 5.69 Å². The highest BCUT2D eigenvalue weighted by atomic mass is 32.2. The SMILES string of the molecule is C[C@@H](SCc1ccco1)C(=O)Nc1ccc([N+](=O)[O-])cc1C(F)(F)F. The van der Waals surface area contributed by atoms with Crippen LogP contribution in [0.5, 0.6) is 0 Å². The molecule has 25 heavy (non-hydrogen) atoms. The molecule has 1 N–H and O–H groups in total. The summed E-state index contributed by atoms with van der Waals surface area (Å²) in [6.45, 7) is 1.54. The van der Waals surface area contributed by atoms with Gasteiger partial charge in [-0.2, -0.15) is 13.2 Å². The van der Waals surface area contributed by atoms with Crippen molar-refractivity contribution in [3.63, 3.8) is 0 Å². The molecular formula is C15H13F3N2O4S. The summed E-state index contributed by atoms with van der Waals surface area (Å²) in [7, 11) is 0. The van der Waals surface area contributed by atoms with E-state index in [4.69, 9.17) is 4.42 Å². The molecule has 1 aromatic heterocycles. The Labute approximate surface area is 144 Å². The predicted octanol–water partition coefficient (Wildman–Crippen LogP) is 4.47. The van der Waals surface area contributed by atoms with Gasteiger partial charge < -0.3 is 9.73 Å². The van der Waals surface area contributed by atoms with E-state index in [0.717, 1.165) is 12.1 Å². The third-order valence-corrected chi connectivity index (χ3v) is 4.37. The minimum Gasteiger partial charge on any atom is -0.468 e. The fourth-order valence-electron chi connectivity index (χ4n) is 1.90. The second-order valence-corrected chi connectivity index (χ2v) is 6.34. The molecule has 6 nitrogen and oxygen atoms in total. The molecule has 1 atom stereocenters. The molecule has 0 saturated heterocycles. The van der Waals surface area contributed by atoms with Gasteiger partial charge in [-0.05, 0) is 25.1 Å². The zero-order valence-electron chi connectivity index (χ0n) is 12.9. The van der Waals surface area contributed by atoms with Crippen LogP contribution in [0.15, 0.2) is 41.0 Å². The summed E-state index contributed by atoms with van der Waals surface area (Å²) in [6, 6.07) is 5.59. The Balaban J connectivity index is 2.12. The van der Waals surface area contributed by atoms with Crippen LogP contribution in [0.3, 0.4) is 0 Å². The Kier molecular flexibility index (Phi) is 5.73. The lowest BCUT2D eigenvalue weighted by Gasteiger charge is -2.16. The molecule has 134 valence electrons. The smallest absolute Gasteiger partial charge is 0.418 e. The summed E-state index contributed by atoms with van der Waals surface area (Å²) < 4.78 is 44.4. The van der Waals surface area contributed by atoms with Crippen molar-refractivity contribution in [2.75, 3.05) is 5.32 Å². The van der Waals surface area contributed by atoms with Gasteiger partial charge >= 0.3 is 6.18 Å². The van der Waals surface area contributed by atoms with E-state index in [1.165, 1.54) is 18.0 Å². The van der Waals surface area contributed by atoms with Crippen molar-refractivity contribution in [3.05, 3.63) is 58.0 Å². The molecule has 0 bridgehead atoms. The predicted molar refractivity (Wildman–Crippen MR) is 86.2 cm³/mol. The Morgan fingerprint density at radius 2 is 2.12 bits per heavy atom. The largest absolute Gasteiger partial charge is 0.468 e. The maximum atomic E-state index is 13.1. The van der Waals surface area contributed by atoms with Crippen molar-refractivity contribution in [2.24, 2.45) is 0 Å². The minimum absolute atomic E-state index is 0.383. The number of hydrogen-bond acceptors (Lipinski definition) is 5. The number of nitrogens with one attached hydrogen (secondary N) is 1. The van der Waals surface area contributed by atoms with E-state index in [-0.39, 0.29) is 0 Å². The van der Waals surface area contributed by atoms with Gasteiger partial charge in [-0.1, -0.05) is 0 Å². The van der Waals surface area contributed by atoms with E-state index in [1.54, 1.807) is 19.1 Å². The molecule has 0 unspecified atom stereocenters. The fraction of sp³-hybridized carbons (Fsp3) is 0.267. The average Bonchev–Trinajstić information content (AvgIpc) is 3.05. The van der Waals surface area contributed by atoms with E-state index in [0.29, 0.717) is 17.6 Å². The molecule has 2 aromatic rings. The molecule has 1 aromatic carbocycles. The lowest BCUT2D eigenvalue weighted by atomic mass is 10.1. The summed E-state index contributed by atoms with van der Waals surface area (Å²) >= 11 is 1.19. The number of furan rings is 1. The van der Waals surface area contributed by atoms with E-state index < -0.39 is 39.2 Å². The van der Waals surface area contributed by atoms with Crippen molar-refractivity contribution in [1.29, 1.82) is 0 Å². The van der Waals surface area contributed by atoms with Gasteiger partial charge in [0.05, 0.1) is 33.4 Å². The number of nitrogens with zero attached hydrogens (tertiary/aromatic N) is 1. The highest BCUT2D eigenvalue weighted by Gasteiger charge is 2.36. The summed E-state index contributed by atoms with van der Waals surface area (Å²) in [5, 5.41) is 12.2. The second kappa shape index (κ2) is 7.60. The maximum absolute atomic E-state index is 13.1. The number of hydrogen-bond donors (Lipinski definition) is 1. The maximum Gasteiger partial charge on any atom is 0.418 e. The third-order valence-electron chi connectivity index (χ3n) is 3.20. The summed E-state index contributed by atoms with van der Waals surface area (Å²) in [5.41, 5.74) is -2.49. The Morgan fingerprint density at radius 3 is 2.68 bits per heavy atom. The van der Waals surface area contributed by atoms with Crippen LogP contribution in [0.2, 0.25) is 0 Å². The quantitative estimate of drug-likeness (QED) is 0.596. The number of carbonyl (C=O) groups excluding carboxylic acids is 1. The Bertz CT molecular complexity index is 763. The van der Waals surface area contributed by atoms with Crippen molar-refractivity contribution >= 4 is 29.0 Å². The van der Waals surface area contributed by atoms with Crippen LogP contribution in [0.4, 0.5) is 24.5 Å². The van der Waals surface area contributed by atoms with Crippen molar-refractivity contribution in [2.45, 2.75) is 24.1 Å². The number of halogens is 3. The van der Waals surface area contributed by atoms with E-state index in [2.05, 4.69) is 5.32 Å². The molecule has 0 radical (unpaired) electrons. The zero-order chi connectivity index (χ0) is 18.6. The number of rotatable bonds is 6. The van der Waals surface area contributed by atoms with Gasteiger partial charge in [-0.25, -0.2) is 0 Å². The van der Waals surface area contributed by atoms with Crippen LogP contribution >= 0.6 is 11.8 Å². The van der Waals surface area contributed by atoms with Crippen LogP contribution in [0.1, 0.15) is 18.2 Å². The molecule has 1 amide bonds. The first-order valence-corrected chi connectivity index (χ1v) is 8.04. The molecule has 1 heterocycles. The summed E-state index contributed by atoms with van der Waals surface area (Å²) in [6.07, 6.45) is -3.35. The molecular weight excluding hydrogens is 361 g/mol. The molecule has 0 fully saturated rings. The van der Waals surface area contributed by atoms with Crippen LogP contribution in [0.25, 0.3) is 0 Å². The molecule has 0 aliphatic rings. The average molecular weight is 374 g/mol. The lowest BCUT2D eigenvalue weighted by molar-refractivity contribution is -0.385. The highest BCUT2D eigenvalue weighted by molar-refractivity contribution is 7.99. The normalized spacial score (nSPS) is 12.6. The second-order valence-electron chi connectivity index (χ2n) is 5.01. The molecule has 0 aliphatic heterocycles. The number of thioether (sulfide) groups is 1. The summed E-state index contributed by atoms with van der Waals surface area (Å²) in [5.74, 6) is 0.375. The van der Waals surface area contributed by atoms with Gasteiger partial charge in [-0.3, -0.25) is 14.9 Å². The van der Waals surface area contributed by atoms with Gasteiger partial charge in [0.15, 0.2) is 0 Å². The zero-order valence-corrected chi connectivity index (χ0v) is 13.7. The number of nitro benzene ring substituents is 1. The molecule has 0 aliphatic carbocycles. The fourth-order valence-corrected chi connectivity index (χ4v) is 2.69. The van der Waals surface area contributed by atoms with Crippen LogP contribution in [0, 0.1) is 10.1 Å². The number of non-ortho nitro benzene ring substituents is 1. The van der Waals surface area contributed by atoms with Gasteiger partial charge in [0.2, 0.25) is 5.91 Å². The molecule has 0 spiro atoms. The lowest BCUT2D eigenvalue weighted by Crippen LogP contribution is -2.24. The molecule has 2 rings (SSSR count). The van der Waals surface area contributed by atoms with Crippen molar-refractivity contribution in [3.8, 4) is 0 Å². The first-order valence-electron chi connectivity index (χ1n) is 6.99. The van der Waals surface area contributed by atoms with E-state index in [9.17, 15) is 28.1 Å². The van der Waals surface area contributed by atoms with Crippen molar-refractivity contribution < 1.29 is 27.3 Å². The Morgan fingerprint density at radius 1 is 1.40 bits per heavy atom. The number of nitro groups is 1. The number of benzene rings is 1. The van der Waals surface area contributed by atoms with Crippen molar-refractivity contribution in [1.82, 2.24) is 0 Å². The van der Waals surface area contributed by atoms with Crippen LogP contribution in [-0.2, 0) is 16.7 Å². The minimum atomic E-state index is -4.83. The number of amides is 1. The molecule has 10 heteroatoms. The first-order chi connectivity index (χ1) is 11.7. The molecule has 0 saturated carbocycles. The number of carbonyl (C=O) groups is 1. The third kappa shape index (κ3) is 4.99. The standard InChI is InChI=1S/C15H13F3N2O4S/c1-9(25-8-11-3-2-6-24-11)14(21)19-13-5-4-10(20(22)23)7-12(13)15(16,17)18/h2-7,9H,8H2,1H3,(H,19,21)/t9-/m1/s1. The Hall–Kier alpha value is -2.49.